The normalized spacial score (nSPS) is 14.1. The fourth-order valence-corrected chi connectivity index (χ4v) is 12.7. The second-order valence-electron chi connectivity index (χ2n) is 27.8. The summed E-state index contributed by atoms with van der Waals surface area (Å²) in [7, 11) is -9.90. The second kappa shape index (κ2) is 63.8. The number of hydrogen-bond donors (Lipinski definition) is 3. The Morgan fingerprint density at radius 2 is 0.500 bits per heavy atom. The lowest BCUT2D eigenvalue weighted by atomic mass is 10.0. The molecule has 0 rings (SSSR count). The standard InChI is InChI=1S/C73H142O17P2/c1-8-9-10-11-12-13-25-33-40-47-54-70(75)83-61-69(90-73(78)57-50-43-36-29-28-32-39-46-53-66(6)7)63-88-92(81,82)86-59-67(74)58-85-91(79,80)87-62-68(60-84-71(76)55-48-41-34-27-22-24-31-38-45-52-65(4)5)89-72(77)56-49-42-35-26-21-19-17-15-14-16-18-20-23-30-37-44-51-64(2)3/h64-69,74H,8-63H2,1-7H3,(H,79,80)(H,81,82)/t67-,68-,69-/m1/s1. The van der Waals surface area contributed by atoms with Gasteiger partial charge in [-0.2, -0.15) is 0 Å². The molecule has 0 fully saturated rings. The molecule has 0 aliphatic rings. The summed E-state index contributed by atoms with van der Waals surface area (Å²) in [4.78, 5) is 72.6. The van der Waals surface area contributed by atoms with Gasteiger partial charge < -0.3 is 33.8 Å². The van der Waals surface area contributed by atoms with Crippen LogP contribution in [0.1, 0.15) is 370 Å². The molecule has 0 radical (unpaired) electrons. The molecule has 0 aromatic heterocycles. The van der Waals surface area contributed by atoms with Crippen molar-refractivity contribution in [2.75, 3.05) is 39.6 Å². The van der Waals surface area contributed by atoms with E-state index in [-0.39, 0.29) is 25.7 Å². The fraction of sp³-hybridized carbons (Fsp3) is 0.945. The van der Waals surface area contributed by atoms with Crippen LogP contribution in [0.15, 0.2) is 0 Å². The molecule has 0 spiro atoms. The summed E-state index contributed by atoms with van der Waals surface area (Å²) in [6, 6.07) is 0. The van der Waals surface area contributed by atoms with E-state index in [2.05, 4.69) is 48.5 Å². The summed E-state index contributed by atoms with van der Waals surface area (Å²) < 4.78 is 68.4. The van der Waals surface area contributed by atoms with Gasteiger partial charge in [0, 0.05) is 25.7 Å². The van der Waals surface area contributed by atoms with E-state index in [1.54, 1.807) is 0 Å². The van der Waals surface area contributed by atoms with Crippen LogP contribution in [0.3, 0.4) is 0 Å². The number of aliphatic hydroxyl groups excluding tert-OH is 1. The third-order valence-corrected chi connectivity index (χ3v) is 18.8. The third-order valence-electron chi connectivity index (χ3n) is 16.9. The first-order valence-corrected chi connectivity index (χ1v) is 40.8. The van der Waals surface area contributed by atoms with Crippen molar-refractivity contribution < 1.29 is 80.2 Å². The Morgan fingerprint density at radius 1 is 0.293 bits per heavy atom. The zero-order valence-electron chi connectivity index (χ0n) is 60.0. The van der Waals surface area contributed by atoms with E-state index in [9.17, 15) is 43.2 Å². The van der Waals surface area contributed by atoms with Crippen molar-refractivity contribution in [1.29, 1.82) is 0 Å². The van der Waals surface area contributed by atoms with E-state index >= 15 is 0 Å². The topological polar surface area (TPSA) is 237 Å². The molecule has 0 saturated heterocycles. The maximum absolute atomic E-state index is 13.0. The summed E-state index contributed by atoms with van der Waals surface area (Å²) in [6.07, 6.45) is 48.6. The number of aliphatic hydroxyl groups is 1. The van der Waals surface area contributed by atoms with Crippen molar-refractivity contribution in [1.82, 2.24) is 0 Å². The summed E-state index contributed by atoms with van der Waals surface area (Å²) >= 11 is 0. The lowest BCUT2D eigenvalue weighted by Gasteiger charge is -2.21. The maximum Gasteiger partial charge on any atom is 0.472 e. The predicted octanol–water partition coefficient (Wildman–Crippen LogP) is 21.0. The van der Waals surface area contributed by atoms with Crippen molar-refractivity contribution in [3.05, 3.63) is 0 Å². The van der Waals surface area contributed by atoms with Crippen molar-refractivity contribution in [3.8, 4) is 0 Å². The van der Waals surface area contributed by atoms with Crippen LogP contribution in [0.25, 0.3) is 0 Å². The average molecular weight is 1350 g/mol. The van der Waals surface area contributed by atoms with Gasteiger partial charge in [0.05, 0.1) is 26.4 Å². The lowest BCUT2D eigenvalue weighted by Crippen LogP contribution is -2.30. The Balaban J connectivity index is 5.21. The van der Waals surface area contributed by atoms with E-state index in [0.29, 0.717) is 25.7 Å². The maximum atomic E-state index is 13.0. The molecule has 0 saturated carbocycles. The van der Waals surface area contributed by atoms with Crippen LogP contribution in [-0.2, 0) is 65.4 Å². The number of carbonyl (C=O) groups excluding carboxylic acids is 4. The zero-order chi connectivity index (χ0) is 68.0. The number of esters is 4. The SMILES string of the molecule is CCCCCCCCCCCCC(=O)OC[C@H](COP(=O)(O)OC[C@H](O)COP(=O)(O)OC[C@@H](COC(=O)CCCCCCCCCCCC(C)C)OC(=O)CCCCCCCCCCCCCCCCCCC(C)C)OC(=O)CCCCCCCCCCC(C)C. The molecule has 0 bridgehead atoms. The number of phosphoric acid groups is 2. The van der Waals surface area contributed by atoms with Crippen LogP contribution in [-0.4, -0.2) is 96.7 Å². The Kier molecular flexibility index (Phi) is 62.4. The molecule has 0 aliphatic heterocycles. The first-order valence-electron chi connectivity index (χ1n) is 37.8. The second-order valence-corrected chi connectivity index (χ2v) is 30.7. The minimum absolute atomic E-state index is 0.104. The van der Waals surface area contributed by atoms with Gasteiger partial charge in [0.25, 0.3) is 0 Å². The highest BCUT2D eigenvalue weighted by Crippen LogP contribution is 2.45. The number of ether oxygens (including phenoxy) is 4. The summed E-state index contributed by atoms with van der Waals surface area (Å²) in [5.74, 6) is 0.147. The minimum atomic E-state index is -4.95. The molecule has 2 unspecified atom stereocenters. The zero-order valence-corrected chi connectivity index (χ0v) is 61.8. The molecular weight excluding hydrogens is 1210 g/mol. The van der Waals surface area contributed by atoms with Crippen molar-refractivity contribution in [2.45, 2.75) is 388 Å². The highest BCUT2D eigenvalue weighted by atomic mass is 31.2. The van der Waals surface area contributed by atoms with Gasteiger partial charge in [-0.05, 0) is 43.4 Å². The van der Waals surface area contributed by atoms with Crippen molar-refractivity contribution >= 4 is 39.5 Å². The van der Waals surface area contributed by atoms with Crippen molar-refractivity contribution in [2.24, 2.45) is 17.8 Å². The molecule has 92 heavy (non-hydrogen) atoms. The van der Waals surface area contributed by atoms with Crippen LogP contribution in [0, 0.1) is 17.8 Å². The molecule has 0 amide bonds. The number of hydrogen-bond acceptors (Lipinski definition) is 15. The van der Waals surface area contributed by atoms with E-state index in [4.69, 9.17) is 37.0 Å². The molecule has 0 heterocycles. The molecule has 0 aromatic carbocycles. The van der Waals surface area contributed by atoms with E-state index < -0.39 is 97.5 Å². The van der Waals surface area contributed by atoms with E-state index in [0.717, 1.165) is 108 Å². The molecule has 0 aromatic rings. The first-order chi connectivity index (χ1) is 44.2. The quantitative estimate of drug-likeness (QED) is 0.0222. The summed E-state index contributed by atoms with van der Waals surface area (Å²) in [6.45, 7) is 11.8. The lowest BCUT2D eigenvalue weighted by molar-refractivity contribution is -0.161. The Bertz CT molecular complexity index is 1800. The van der Waals surface area contributed by atoms with Gasteiger partial charge in [0.2, 0.25) is 0 Å². The highest BCUT2D eigenvalue weighted by Gasteiger charge is 2.30. The monoisotopic (exact) mass is 1350 g/mol. The van der Waals surface area contributed by atoms with Gasteiger partial charge >= 0.3 is 39.5 Å². The van der Waals surface area contributed by atoms with Crippen LogP contribution < -0.4 is 0 Å². The Hall–Kier alpha value is -1.94. The first kappa shape index (κ1) is 90.1. The van der Waals surface area contributed by atoms with Crippen LogP contribution in [0.4, 0.5) is 0 Å². The molecule has 19 heteroatoms. The van der Waals surface area contributed by atoms with Gasteiger partial charge in [-0.15, -0.1) is 0 Å². The number of phosphoric ester groups is 2. The van der Waals surface area contributed by atoms with E-state index in [1.165, 1.54) is 180 Å². The van der Waals surface area contributed by atoms with Gasteiger partial charge in [-0.3, -0.25) is 37.3 Å². The Labute approximate surface area is 562 Å². The summed E-state index contributed by atoms with van der Waals surface area (Å²) in [5, 5.41) is 10.6. The van der Waals surface area contributed by atoms with Gasteiger partial charge in [0.15, 0.2) is 12.2 Å². The number of rotatable bonds is 71. The largest absolute Gasteiger partial charge is 0.472 e. The van der Waals surface area contributed by atoms with Gasteiger partial charge in [-0.25, -0.2) is 9.13 Å². The molecule has 0 aliphatic carbocycles. The van der Waals surface area contributed by atoms with Crippen LogP contribution in [0.2, 0.25) is 0 Å². The average Bonchev–Trinajstić information content (AvgIpc) is 1.51. The van der Waals surface area contributed by atoms with Gasteiger partial charge in [-0.1, -0.05) is 318 Å². The van der Waals surface area contributed by atoms with E-state index in [1.807, 2.05) is 0 Å². The van der Waals surface area contributed by atoms with Gasteiger partial charge in [0.1, 0.15) is 19.3 Å². The Morgan fingerprint density at radius 3 is 0.739 bits per heavy atom. The van der Waals surface area contributed by atoms with Crippen molar-refractivity contribution in [3.63, 3.8) is 0 Å². The highest BCUT2D eigenvalue weighted by molar-refractivity contribution is 7.47. The van der Waals surface area contributed by atoms with Crippen LogP contribution in [0.5, 0.6) is 0 Å². The van der Waals surface area contributed by atoms with Crippen LogP contribution >= 0.6 is 15.6 Å². The molecular formula is C73H142O17P2. The molecule has 5 atom stereocenters. The molecule has 17 nitrogen and oxygen atoms in total. The smallest absolute Gasteiger partial charge is 0.462 e. The fourth-order valence-electron chi connectivity index (χ4n) is 11.1. The summed E-state index contributed by atoms with van der Waals surface area (Å²) in [5.41, 5.74) is 0. The molecule has 3 N–H and O–H groups in total. The minimum Gasteiger partial charge on any atom is -0.462 e. The third kappa shape index (κ3) is 66.7. The number of carbonyl (C=O) groups is 4. The molecule has 546 valence electrons. The predicted molar refractivity (Wildman–Crippen MR) is 372 cm³/mol. The number of unbranched alkanes of at least 4 members (excludes halogenated alkanes) is 39.